The number of hydrogen-bond acceptors (Lipinski definition) is 3. The summed E-state index contributed by atoms with van der Waals surface area (Å²) in [6.07, 6.45) is 0.498. The van der Waals surface area contributed by atoms with Crippen LogP contribution in [-0.2, 0) is 4.79 Å². The highest BCUT2D eigenvalue weighted by Crippen LogP contribution is 2.19. The lowest BCUT2D eigenvalue weighted by Crippen LogP contribution is -2.10. The van der Waals surface area contributed by atoms with E-state index in [1.807, 2.05) is 0 Å². The third-order valence-corrected chi connectivity index (χ3v) is 2.17. The molecule has 0 saturated heterocycles. The van der Waals surface area contributed by atoms with Crippen LogP contribution >= 0.6 is 0 Å². The number of aliphatic hydroxyl groups is 1. The van der Waals surface area contributed by atoms with Gasteiger partial charge in [0.1, 0.15) is 5.75 Å². The number of carboxylic acids is 1. The highest BCUT2D eigenvalue weighted by atomic mass is 16.5. The van der Waals surface area contributed by atoms with Crippen molar-refractivity contribution in [3.8, 4) is 5.75 Å². The number of unbranched alkanes of at least 4 members (excludes halogenated alkanes) is 1. The molecule has 0 aliphatic heterocycles. The van der Waals surface area contributed by atoms with Gasteiger partial charge < -0.3 is 14.9 Å². The average molecular weight is 224 g/mol. The van der Waals surface area contributed by atoms with E-state index >= 15 is 0 Å². The van der Waals surface area contributed by atoms with Crippen LogP contribution in [0.3, 0.4) is 0 Å². The van der Waals surface area contributed by atoms with Crippen LogP contribution in [0.1, 0.15) is 31.4 Å². The number of aliphatic hydroxyl groups excluding tert-OH is 1. The van der Waals surface area contributed by atoms with E-state index in [2.05, 4.69) is 6.92 Å². The van der Waals surface area contributed by atoms with Gasteiger partial charge >= 0.3 is 5.97 Å². The van der Waals surface area contributed by atoms with Crippen LogP contribution in [0.5, 0.6) is 5.75 Å². The first-order chi connectivity index (χ1) is 7.65. The molecule has 0 aliphatic rings. The van der Waals surface area contributed by atoms with Crippen molar-refractivity contribution in [2.45, 2.75) is 25.9 Å². The van der Waals surface area contributed by atoms with Crippen LogP contribution in [-0.4, -0.2) is 22.8 Å². The Kier molecular flexibility index (Phi) is 4.79. The monoisotopic (exact) mass is 224 g/mol. The van der Waals surface area contributed by atoms with Crippen molar-refractivity contribution >= 4 is 5.97 Å². The van der Waals surface area contributed by atoms with Crippen molar-refractivity contribution in [1.29, 1.82) is 0 Å². The number of aliphatic carboxylic acids is 1. The molecule has 1 atom stereocenters. The lowest BCUT2D eigenvalue weighted by Gasteiger charge is -2.09. The summed E-state index contributed by atoms with van der Waals surface area (Å²) < 4.78 is 5.41. The molecule has 88 valence electrons. The molecule has 16 heavy (non-hydrogen) atoms. The first-order valence-electron chi connectivity index (χ1n) is 5.28. The van der Waals surface area contributed by atoms with E-state index in [1.165, 1.54) is 0 Å². The quantitative estimate of drug-likeness (QED) is 0.725. The van der Waals surface area contributed by atoms with Crippen molar-refractivity contribution < 1.29 is 19.7 Å². The molecule has 1 aromatic rings. The minimum Gasteiger partial charge on any atom is -0.494 e. The molecule has 0 aliphatic carbocycles. The molecule has 2 N–H and O–H groups in total. The highest BCUT2D eigenvalue weighted by Gasteiger charge is 2.15. The Morgan fingerprint density at radius 3 is 2.88 bits per heavy atom. The average Bonchev–Trinajstić information content (AvgIpc) is 2.29. The lowest BCUT2D eigenvalue weighted by atomic mass is 10.1. The van der Waals surface area contributed by atoms with E-state index in [-0.39, 0.29) is 0 Å². The predicted molar refractivity (Wildman–Crippen MR) is 59.4 cm³/mol. The summed E-state index contributed by atoms with van der Waals surface area (Å²) in [6, 6.07) is 6.52. The van der Waals surface area contributed by atoms with Crippen molar-refractivity contribution in [3.63, 3.8) is 0 Å². The molecule has 1 unspecified atom stereocenters. The van der Waals surface area contributed by atoms with Gasteiger partial charge in [-0.15, -0.1) is 0 Å². The maximum Gasteiger partial charge on any atom is 0.337 e. The summed E-state index contributed by atoms with van der Waals surface area (Å²) in [4.78, 5) is 10.6. The zero-order valence-electron chi connectivity index (χ0n) is 9.22. The van der Waals surface area contributed by atoms with Crippen molar-refractivity contribution in [2.24, 2.45) is 0 Å². The third kappa shape index (κ3) is 3.55. The van der Waals surface area contributed by atoms with Gasteiger partial charge in [0.2, 0.25) is 0 Å². The smallest absolute Gasteiger partial charge is 0.337 e. The Morgan fingerprint density at radius 1 is 1.50 bits per heavy atom. The third-order valence-electron chi connectivity index (χ3n) is 2.17. The van der Waals surface area contributed by atoms with Crippen LogP contribution in [0.25, 0.3) is 0 Å². The van der Waals surface area contributed by atoms with E-state index in [4.69, 9.17) is 9.84 Å². The molecular weight excluding hydrogens is 208 g/mol. The topological polar surface area (TPSA) is 66.8 Å². The van der Waals surface area contributed by atoms with E-state index in [1.54, 1.807) is 24.3 Å². The standard InChI is InChI=1S/C12H16O4/c1-2-3-7-16-10-6-4-5-9(8-10)11(13)12(14)15/h4-6,8,11,13H,2-3,7H2,1H3,(H,14,15). The summed E-state index contributed by atoms with van der Waals surface area (Å²) in [6.45, 7) is 2.66. The SMILES string of the molecule is CCCCOc1cccc(C(O)C(=O)O)c1. The molecule has 1 rings (SSSR count). The fourth-order valence-corrected chi connectivity index (χ4v) is 1.25. The molecule has 0 heterocycles. The second-order valence-corrected chi connectivity index (χ2v) is 3.52. The Labute approximate surface area is 94.5 Å². The van der Waals surface area contributed by atoms with Crippen LogP contribution in [0.4, 0.5) is 0 Å². The molecule has 4 nitrogen and oxygen atoms in total. The number of carbonyl (C=O) groups is 1. The maximum atomic E-state index is 10.6. The summed E-state index contributed by atoms with van der Waals surface area (Å²) in [5.74, 6) is -0.669. The summed E-state index contributed by atoms with van der Waals surface area (Å²) in [5, 5.41) is 18.0. The van der Waals surface area contributed by atoms with Crippen LogP contribution in [0.2, 0.25) is 0 Å². The first-order valence-corrected chi connectivity index (χ1v) is 5.28. The van der Waals surface area contributed by atoms with E-state index < -0.39 is 12.1 Å². The van der Waals surface area contributed by atoms with Crippen molar-refractivity contribution in [1.82, 2.24) is 0 Å². The van der Waals surface area contributed by atoms with Gasteiger partial charge in [0, 0.05) is 0 Å². The minimum absolute atomic E-state index is 0.335. The number of carboxylic acid groups (broad SMARTS) is 1. The highest BCUT2D eigenvalue weighted by molar-refractivity contribution is 5.74. The lowest BCUT2D eigenvalue weighted by molar-refractivity contribution is -0.146. The fourth-order valence-electron chi connectivity index (χ4n) is 1.25. The Balaban J connectivity index is 2.67. The maximum absolute atomic E-state index is 10.6. The summed E-state index contributed by atoms with van der Waals surface area (Å²) in [7, 11) is 0. The second-order valence-electron chi connectivity index (χ2n) is 3.52. The molecule has 0 radical (unpaired) electrons. The largest absolute Gasteiger partial charge is 0.494 e. The van der Waals surface area contributed by atoms with Crippen LogP contribution in [0, 0.1) is 0 Å². The molecule has 0 bridgehead atoms. The molecule has 0 spiro atoms. The molecule has 4 heteroatoms. The van der Waals surface area contributed by atoms with Gasteiger partial charge in [-0.25, -0.2) is 4.79 Å². The minimum atomic E-state index is -1.49. The zero-order chi connectivity index (χ0) is 12.0. The Morgan fingerprint density at radius 2 is 2.25 bits per heavy atom. The van der Waals surface area contributed by atoms with Crippen LogP contribution < -0.4 is 4.74 Å². The van der Waals surface area contributed by atoms with Gasteiger partial charge in [-0.1, -0.05) is 25.5 Å². The van der Waals surface area contributed by atoms with E-state index in [9.17, 15) is 9.90 Å². The Bertz CT molecular complexity index is 349. The van der Waals surface area contributed by atoms with Gasteiger partial charge in [-0.05, 0) is 24.1 Å². The van der Waals surface area contributed by atoms with Crippen LogP contribution in [0.15, 0.2) is 24.3 Å². The number of benzene rings is 1. The summed E-state index contributed by atoms with van der Waals surface area (Å²) in [5.41, 5.74) is 0.335. The number of hydrogen-bond donors (Lipinski definition) is 2. The fraction of sp³-hybridized carbons (Fsp3) is 0.417. The molecule has 0 amide bonds. The predicted octanol–water partition coefficient (Wildman–Crippen LogP) is 1.98. The molecule has 0 saturated carbocycles. The van der Waals surface area contributed by atoms with E-state index in [0.717, 1.165) is 12.8 Å². The Hall–Kier alpha value is -1.55. The van der Waals surface area contributed by atoms with E-state index in [0.29, 0.717) is 17.9 Å². The normalized spacial score (nSPS) is 12.1. The van der Waals surface area contributed by atoms with Gasteiger partial charge in [-0.3, -0.25) is 0 Å². The second kappa shape index (κ2) is 6.12. The first kappa shape index (κ1) is 12.5. The number of ether oxygens (including phenoxy) is 1. The van der Waals surface area contributed by atoms with Gasteiger partial charge in [0.05, 0.1) is 6.61 Å². The molecule has 0 aromatic heterocycles. The van der Waals surface area contributed by atoms with Crippen molar-refractivity contribution in [2.75, 3.05) is 6.61 Å². The molecule has 0 fully saturated rings. The van der Waals surface area contributed by atoms with Gasteiger partial charge in [-0.2, -0.15) is 0 Å². The van der Waals surface area contributed by atoms with Crippen molar-refractivity contribution in [3.05, 3.63) is 29.8 Å². The molecule has 1 aromatic carbocycles. The molecular formula is C12H16O4. The summed E-state index contributed by atoms with van der Waals surface area (Å²) >= 11 is 0. The van der Waals surface area contributed by atoms with Gasteiger partial charge in [0.15, 0.2) is 6.10 Å². The van der Waals surface area contributed by atoms with Gasteiger partial charge in [0.25, 0.3) is 0 Å². The number of rotatable bonds is 6. The zero-order valence-corrected chi connectivity index (χ0v) is 9.22.